The summed E-state index contributed by atoms with van der Waals surface area (Å²) in [6, 6.07) is 0. The normalized spacial score (nSPS) is 13.4. The smallest absolute Gasteiger partial charge is 0.407 e. The predicted octanol–water partition coefficient (Wildman–Crippen LogP) is 0.908. The van der Waals surface area contributed by atoms with Crippen LogP contribution in [0.2, 0.25) is 0 Å². The van der Waals surface area contributed by atoms with Crippen molar-refractivity contribution in [1.82, 2.24) is 5.32 Å². The molecule has 15 heavy (non-hydrogen) atoms. The van der Waals surface area contributed by atoms with E-state index >= 15 is 0 Å². The first-order valence-electron chi connectivity index (χ1n) is 4.99. The standard InChI is InChI=1S/C10H21NO4/c1-10(2,3)15-9(13)11-7-8(14-4)5-6-12/h8,12H,5-7H2,1-4H3,(H,11,13). The monoisotopic (exact) mass is 219 g/mol. The molecule has 1 unspecified atom stereocenters. The van der Waals surface area contributed by atoms with Gasteiger partial charge >= 0.3 is 6.09 Å². The molecule has 0 aliphatic heterocycles. The molecule has 0 aromatic carbocycles. The molecule has 0 saturated carbocycles. The number of aliphatic hydroxyl groups is 1. The number of carbonyl (C=O) groups excluding carboxylic acids is 1. The lowest BCUT2D eigenvalue weighted by Gasteiger charge is -2.21. The number of methoxy groups -OCH3 is 1. The van der Waals surface area contributed by atoms with E-state index < -0.39 is 11.7 Å². The fourth-order valence-corrected chi connectivity index (χ4v) is 0.959. The van der Waals surface area contributed by atoms with Gasteiger partial charge in [-0.3, -0.25) is 0 Å². The van der Waals surface area contributed by atoms with Crippen LogP contribution in [0.15, 0.2) is 0 Å². The Morgan fingerprint density at radius 1 is 1.47 bits per heavy atom. The van der Waals surface area contributed by atoms with Gasteiger partial charge in [-0.05, 0) is 27.2 Å². The summed E-state index contributed by atoms with van der Waals surface area (Å²) in [4.78, 5) is 11.2. The zero-order valence-corrected chi connectivity index (χ0v) is 9.87. The maximum absolute atomic E-state index is 11.2. The van der Waals surface area contributed by atoms with E-state index in [-0.39, 0.29) is 12.7 Å². The van der Waals surface area contributed by atoms with Gasteiger partial charge in [0, 0.05) is 20.3 Å². The van der Waals surface area contributed by atoms with Crippen molar-refractivity contribution in [1.29, 1.82) is 0 Å². The van der Waals surface area contributed by atoms with Crippen LogP contribution in [0.25, 0.3) is 0 Å². The molecule has 5 nitrogen and oxygen atoms in total. The molecule has 2 N–H and O–H groups in total. The quantitative estimate of drug-likeness (QED) is 0.721. The minimum absolute atomic E-state index is 0.0362. The fourth-order valence-electron chi connectivity index (χ4n) is 0.959. The second kappa shape index (κ2) is 6.63. The number of alkyl carbamates (subject to hydrolysis) is 1. The van der Waals surface area contributed by atoms with Crippen molar-refractivity contribution < 1.29 is 19.4 Å². The first-order chi connectivity index (χ1) is 6.89. The molecule has 5 heteroatoms. The van der Waals surface area contributed by atoms with Crippen LogP contribution in [-0.2, 0) is 9.47 Å². The summed E-state index contributed by atoms with van der Waals surface area (Å²) in [5.74, 6) is 0. The van der Waals surface area contributed by atoms with Crippen molar-refractivity contribution in [3.63, 3.8) is 0 Å². The highest BCUT2D eigenvalue weighted by Crippen LogP contribution is 2.06. The molecular formula is C10H21NO4. The lowest BCUT2D eigenvalue weighted by molar-refractivity contribution is 0.0420. The molecule has 0 heterocycles. The largest absolute Gasteiger partial charge is 0.444 e. The second-order valence-electron chi connectivity index (χ2n) is 4.25. The Labute approximate surface area is 90.8 Å². The number of carbonyl (C=O) groups is 1. The van der Waals surface area contributed by atoms with E-state index in [0.717, 1.165) is 0 Å². The maximum Gasteiger partial charge on any atom is 0.407 e. The van der Waals surface area contributed by atoms with Crippen LogP contribution in [0.4, 0.5) is 4.79 Å². The number of rotatable bonds is 5. The van der Waals surface area contributed by atoms with E-state index in [4.69, 9.17) is 14.6 Å². The van der Waals surface area contributed by atoms with Crippen LogP contribution in [-0.4, -0.2) is 43.2 Å². The Hall–Kier alpha value is -0.810. The number of aliphatic hydroxyl groups excluding tert-OH is 1. The summed E-state index contributed by atoms with van der Waals surface area (Å²) in [5, 5.41) is 11.3. The molecule has 90 valence electrons. The number of amides is 1. The Balaban J connectivity index is 3.78. The molecule has 0 saturated heterocycles. The van der Waals surface area contributed by atoms with Gasteiger partial charge in [-0.2, -0.15) is 0 Å². The van der Waals surface area contributed by atoms with Crippen molar-refractivity contribution in [3.8, 4) is 0 Å². The molecule has 0 fully saturated rings. The minimum atomic E-state index is -0.496. The highest BCUT2D eigenvalue weighted by atomic mass is 16.6. The first-order valence-corrected chi connectivity index (χ1v) is 4.99. The lowest BCUT2D eigenvalue weighted by atomic mass is 10.2. The molecule has 0 radical (unpaired) electrons. The molecule has 0 aliphatic rings. The van der Waals surface area contributed by atoms with Crippen molar-refractivity contribution in [2.24, 2.45) is 0 Å². The molecule has 1 amide bonds. The summed E-state index contributed by atoms with van der Waals surface area (Å²) in [6.07, 6.45) is -0.156. The third-order valence-corrected chi connectivity index (χ3v) is 1.66. The average Bonchev–Trinajstić information content (AvgIpc) is 2.09. The third-order valence-electron chi connectivity index (χ3n) is 1.66. The molecule has 1 atom stereocenters. The van der Waals surface area contributed by atoms with Gasteiger partial charge in [0.25, 0.3) is 0 Å². The van der Waals surface area contributed by atoms with Gasteiger partial charge in [-0.1, -0.05) is 0 Å². The Morgan fingerprint density at radius 3 is 2.47 bits per heavy atom. The first kappa shape index (κ1) is 14.2. The molecule has 0 aromatic rings. The van der Waals surface area contributed by atoms with Gasteiger partial charge < -0.3 is 19.9 Å². The Kier molecular flexibility index (Phi) is 6.27. The summed E-state index contributed by atoms with van der Waals surface area (Å²) in [5.41, 5.74) is -0.496. The van der Waals surface area contributed by atoms with Crippen molar-refractivity contribution in [2.75, 3.05) is 20.3 Å². The molecule has 0 aromatic heterocycles. The van der Waals surface area contributed by atoms with Crippen molar-refractivity contribution >= 4 is 6.09 Å². The predicted molar refractivity (Wildman–Crippen MR) is 56.7 cm³/mol. The van der Waals surface area contributed by atoms with E-state index in [1.54, 1.807) is 20.8 Å². The van der Waals surface area contributed by atoms with Crippen molar-refractivity contribution in [3.05, 3.63) is 0 Å². The summed E-state index contributed by atoms with van der Waals surface area (Å²) in [7, 11) is 1.54. The fraction of sp³-hybridized carbons (Fsp3) is 0.900. The molecule has 0 aliphatic carbocycles. The minimum Gasteiger partial charge on any atom is -0.444 e. The number of ether oxygens (including phenoxy) is 2. The zero-order chi connectivity index (χ0) is 11.9. The van der Waals surface area contributed by atoms with Gasteiger partial charge in [0.2, 0.25) is 0 Å². The number of nitrogens with one attached hydrogen (secondary N) is 1. The van der Waals surface area contributed by atoms with Crippen LogP contribution in [0.5, 0.6) is 0 Å². The van der Waals surface area contributed by atoms with Crippen LogP contribution < -0.4 is 5.32 Å². The van der Waals surface area contributed by atoms with Gasteiger partial charge in [-0.25, -0.2) is 4.79 Å². The van der Waals surface area contributed by atoms with Crippen LogP contribution in [0.1, 0.15) is 27.2 Å². The Bertz CT molecular complexity index is 188. The average molecular weight is 219 g/mol. The van der Waals surface area contributed by atoms with Gasteiger partial charge in [0.1, 0.15) is 5.60 Å². The van der Waals surface area contributed by atoms with Crippen molar-refractivity contribution in [2.45, 2.75) is 38.9 Å². The van der Waals surface area contributed by atoms with E-state index in [1.165, 1.54) is 7.11 Å². The highest BCUT2D eigenvalue weighted by Gasteiger charge is 2.17. The molecule has 0 rings (SSSR count). The van der Waals surface area contributed by atoms with Gasteiger partial charge in [0.05, 0.1) is 6.10 Å². The molecule has 0 bridgehead atoms. The van der Waals surface area contributed by atoms with Crippen LogP contribution in [0.3, 0.4) is 0 Å². The van der Waals surface area contributed by atoms with E-state index in [1.807, 2.05) is 0 Å². The third kappa shape index (κ3) is 8.20. The SMILES string of the molecule is COC(CCO)CNC(=O)OC(C)(C)C. The van der Waals surface area contributed by atoms with Gasteiger partial charge in [-0.15, -0.1) is 0 Å². The van der Waals surface area contributed by atoms with E-state index in [2.05, 4.69) is 5.32 Å². The van der Waals surface area contributed by atoms with E-state index in [0.29, 0.717) is 13.0 Å². The van der Waals surface area contributed by atoms with Crippen LogP contribution >= 0.6 is 0 Å². The highest BCUT2D eigenvalue weighted by molar-refractivity contribution is 5.67. The van der Waals surface area contributed by atoms with Crippen LogP contribution in [0, 0.1) is 0 Å². The maximum atomic E-state index is 11.2. The lowest BCUT2D eigenvalue weighted by Crippen LogP contribution is -2.37. The topological polar surface area (TPSA) is 67.8 Å². The molecular weight excluding hydrogens is 198 g/mol. The van der Waals surface area contributed by atoms with Gasteiger partial charge in [0.15, 0.2) is 0 Å². The summed E-state index contributed by atoms with van der Waals surface area (Å²) < 4.78 is 10.1. The zero-order valence-electron chi connectivity index (χ0n) is 9.87. The van der Waals surface area contributed by atoms with E-state index in [9.17, 15) is 4.79 Å². The summed E-state index contributed by atoms with van der Waals surface area (Å²) in [6.45, 7) is 5.77. The second-order valence-corrected chi connectivity index (χ2v) is 4.25. The Morgan fingerprint density at radius 2 is 2.07 bits per heavy atom. The summed E-state index contributed by atoms with van der Waals surface area (Å²) >= 11 is 0. The number of hydrogen-bond donors (Lipinski definition) is 2. The number of hydrogen-bond acceptors (Lipinski definition) is 4. The molecule has 0 spiro atoms.